The molecule has 1 aromatic carbocycles. The molecule has 7 heteroatoms. The second-order valence-electron chi connectivity index (χ2n) is 9.59. The number of nitrogens with one attached hydrogen (secondary N) is 2. The molecule has 5 heterocycles. The number of likely N-dealkylation sites (tertiary alicyclic amines) is 1. The summed E-state index contributed by atoms with van der Waals surface area (Å²) in [6.45, 7) is 12.2. The van der Waals surface area contributed by atoms with Crippen LogP contribution in [0.3, 0.4) is 0 Å². The number of fused-ring (bicyclic) bond motifs is 2. The van der Waals surface area contributed by atoms with Crippen LogP contribution in [-0.4, -0.2) is 68.4 Å². The molecule has 0 unspecified atom stereocenters. The van der Waals surface area contributed by atoms with Gasteiger partial charge in [-0.2, -0.15) is 0 Å². The Morgan fingerprint density at radius 3 is 2.78 bits per heavy atom. The molecule has 0 aliphatic carbocycles. The van der Waals surface area contributed by atoms with Crippen molar-refractivity contribution in [1.29, 1.82) is 0 Å². The lowest BCUT2D eigenvalue weighted by atomic mass is 9.88. The SMILES string of the molecule is Cc1cc(C2CN([C@H]3CCNC3)C2)cc2c1O[C@@H](C)c1c(N3CCOCC3)ccnc1N2. The van der Waals surface area contributed by atoms with E-state index in [1.807, 2.05) is 6.20 Å². The first-order chi connectivity index (χ1) is 15.7. The molecule has 0 radical (unpaired) electrons. The summed E-state index contributed by atoms with van der Waals surface area (Å²) in [4.78, 5) is 9.74. The van der Waals surface area contributed by atoms with E-state index in [9.17, 15) is 0 Å². The van der Waals surface area contributed by atoms with E-state index in [-0.39, 0.29) is 6.10 Å². The number of aromatic nitrogens is 1. The quantitative estimate of drug-likeness (QED) is 0.768. The van der Waals surface area contributed by atoms with E-state index in [2.05, 4.69) is 52.5 Å². The second kappa shape index (κ2) is 8.21. The van der Waals surface area contributed by atoms with E-state index in [0.29, 0.717) is 12.0 Å². The molecule has 1 aromatic heterocycles. The van der Waals surface area contributed by atoms with Crippen molar-refractivity contribution in [3.8, 4) is 5.75 Å². The normalized spacial score (nSPS) is 25.9. The number of rotatable bonds is 3. The van der Waals surface area contributed by atoms with Crippen LogP contribution in [0.1, 0.15) is 42.1 Å². The first-order valence-corrected chi connectivity index (χ1v) is 12.0. The summed E-state index contributed by atoms with van der Waals surface area (Å²) in [5.41, 5.74) is 5.97. The molecule has 6 rings (SSSR count). The molecule has 2 atom stereocenters. The summed E-state index contributed by atoms with van der Waals surface area (Å²) in [5, 5.41) is 7.14. The van der Waals surface area contributed by atoms with Gasteiger partial charge >= 0.3 is 0 Å². The van der Waals surface area contributed by atoms with Crippen LogP contribution in [-0.2, 0) is 4.74 Å². The van der Waals surface area contributed by atoms with Gasteiger partial charge in [0, 0.05) is 56.6 Å². The maximum Gasteiger partial charge on any atom is 0.146 e. The summed E-state index contributed by atoms with van der Waals surface area (Å²) in [5.74, 6) is 2.45. The number of pyridine rings is 1. The summed E-state index contributed by atoms with van der Waals surface area (Å²) < 4.78 is 12.1. The van der Waals surface area contributed by atoms with Gasteiger partial charge in [-0.05, 0) is 50.1 Å². The van der Waals surface area contributed by atoms with Crippen LogP contribution >= 0.6 is 0 Å². The maximum absolute atomic E-state index is 6.56. The molecule has 4 aliphatic heterocycles. The third kappa shape index (κ3) is 3.52. The molecular formula is C25H33N5O2. The van der Waals surface area contributed by atoms with Crippen molar-refractivity contribution in [2.75, 3.05) is 62.7 Å². The third-order valence-corrected chi connectivity index (χ3v) is 7.50. The number of hydrogen-bond donors (Lipinski definition) is 2. The van der Waals surface area contributed by atoms with Crippen molar-refractivity contribution in [1.82, 2.24) is 15.2 Å². The molecule has 2 N–H and O–H groups in total. The highest BCUT2D eigenvalue weighted by molar-refractivity contribution is 5.75. The number of ether oxygens (including phenoxy) is 2. The molecule has 7 nitrogen and oxygen atoms in total. The Morgan fingerprint density at radius 2 is 2.00 bits per heavy atom. The van der Waals surface area contributed by atoms with Crippen LogP contribution in [0.25, 0.3) is 0 Å². The van der Waals surface area contributed by atoms with Gasteiger partial charge in [0.1, 0.15) is 17.7 Å². The molecular weight excluding hydrogens is 402 g/mol. The Balaban J connectivity index is 1.29. The van der Waals surface area contributed by atoms with Gasteiger partial charge in [0.05, 0.1) is 24.5 Å². The number of benzene rings is 1. The molecule has 3 fully saturated rings. The van der Waals surface area contributed by atoms with Gasteiger partial charge in [0.2, 0.25) is 0 Å². The van der Waals surface area contributed by atoms with Gasteiger partial charge in [-0.3, -0.25) is 4.90 Å². The standard InChI is InChI=1S/C25H33N5O2/c1-16-11-18(19-14-30(15-19)20-3-5-26-13-20)12-21-24(16)32-17(2)23-22(4-6-27-25(23)28-21)29-7-9-31-10-8-29/h4,6,11-12,17,19-20,26H,3,5,7-10,13-15H2,1-2H3,(H,27,28)/t17-,20-/m0/s1. The predicted molar refractivity (Wildman–Crippen MR) is 126 cm³/mol. The van der Waals surface area contributed by atoms with E-state index >= 15 is 0 Å². The molecule has 0 bridgehead atoms. The van der Waals surface area contributed by atoms with Crippen LogP contribution in [0.5, 0.6) is 5.75 Å². The van der Waals surface area contributed by atoms with E-state index < -0.39 is 0 Å². The monoisotopic (exact) mass is 435 g/mol. The minimum Gasteiger partial charge on any atom is -0.483 e. The minimum atomic E-state index is -0.0797. The highest BCUT2D eigenvalue weighted by atomic mass is 16.5. The number of aryl methyl sites for hydroxylation is 1. The summed E-state index contributed by atoms with van der Waals surface area (Å²) in [6.07, 6.45) is 3.10. The smallest absolute Gasteiger partial charge is 0.146 e. The Morgan fingerprint density at radius 1 is 1.16 bits per heavy atom. The Hall–Kier alpha value is -2.35. The number of hydrogen-bond acceptors (Lipinski definition) is 7. The first kappa shape index (κ1) is 20.3. The lowest BCUT2D eigenvalue weighted by molar-refractivity contribution is 0.101. The van der Waals surface area contributed by atoms with Gasteiger partial charge in [-0.25, -0.2) is 4.98 Å². The first-order valence-electron chi connectivity index (χ1n) is 12.0. The number of morpholine rings is 1. The van der Waals surface area contributed by atoms with Gasteiger partial charge < -0.3 is 25.0 Å². The van der Waals surface area contributed by atoms with Crippen molar-refractivity contribution in [3.63, 3.8) is 0 Å². The van der Waals surface area contributed by atoms with E-state index in [1.54, 1.807) is 0 Å². The van der Waals surface area contributed by atoms with E-state index in [0.717, 1.165) is 75.3 Å². The van der Waals surface area contributed by atoms with Crippen LogP contribution in [0, 0.1) is 6.92 Å². The molecule has 3 saturated heterocycles. The fourth-order valence-electron chi connectivity index (χ4n) is 5.67. The minimum absolute atomic E-state index is 0.0797. The molecule has 4 aliphatic rings. The zero-order chi connectivity index (χ0) is 21.7. The molecule has 0 spiro atoms. The zero-order valence-electron chi connectivity index (χ0n) is 19.1. The summed E-state index contributed by atoms with van der Waals surface area (Å²) in [6, 6.07) is 7.45. The number of anilines is 3. The van der Waals surface area contributed by atoms with Crippen molar-refractivity contribution >= 4 is 17.2 Å². The highest BCUT2D eigenvalue weighted by Crippen LogP contribution is 2.45. The molecule has 170 valence electrons. The second-order valence-corrected chi connectivity index (χ2v) is 9.59. The summed E-state index contributed by atoms with van der Waals surface area (Å²) >= 11 is 0. The van der Waals surface area contributed by atoms with Gasteiger partial charge in [-0.15, -0.1) is 0 Å². The average molecular weight is 436 g/mol. The Labute approximate surface area is 190 Å². The molecule has 0 amide bonds. The van der Waals surface area contributed by atoms with Crippen LogP contribution < -0.4 is 20.3 Å². The average Bonchev–Trinajstić information content (AvgIpc) is 3.24. The van der Waals surface area contributed by atoms with E-state index in [4.69, 9.17) is 14.5 Å². The molecule has 32 heavy (non-hydrogen) atoms. The molecule has 2 aromatic rings. The zero-order valence-corrected chi connectivity index (χ0v) is 19.1. The van der Waals surface area contributed by atoms with Gasteiger partial charge in [-0.1, -0.05) is 6.07 Å². The fraction of sp³-hybridized carbons (Fsp3) is 0.560. The van der Waals surface area contributed by atoms with Crippen molar-refractivity contribution in [2.24, 2.45) is 0 Å². The van der Waals surface area contributed by atoms with Crippen molar-refractivity contribution in [3.05, 3.63) is 41.1 Å². The maximum atomic E-state index is 6.56. The lowest BCUT2D eigenvalue weighted by Gasteiger charge is -2.43. The topological polar surface area (TPSA) is 61.9 Å². The van der Waals surface area contributed by atoms with Crippen LogP contribution in [0.2, 0.25) is 0 Å². The van der Waals surface area contributed by atoms with Crippen LogP contribution in [0.15, 0.2) is 24.4 Å². The van der Waals surface area contributed by atoms with Gasteiger partial charge in [0.15, 0.2) is 0 Å². The van der Waals surface area contributed by atoms with E-state index in [1.165, 1.54) is 23.2 Å². The lowest BCUT2D eigenvalue weighted by Crippen LogP contribution is -2.51. The highest BCUT2D eigenvalue weighted by Gasteiger charge is 2.35. The Kier molecular flexibility index (Phi) is 5.20. The largest absolute Gasteiger partial charge is 0.483 e. The van der Waals surface area contributed by atoms with Crippen molar-refractivity contribution in [2.45, 2.75) is 38.3 Å². The summed E-state index contributed by atoms with van der Waals surface area (Å²) in [7, 11) is 0. The predicted octanol–water partition coefficient (Wildman–Crippen LogP) is 3.18. The number of nitrogens with zero attached hydrogens (tertiary/aromatic N) is 3. The van der Waals surface area contributed by atoms with Crippen molar-refractivity contribution < 1.29 is 9.47 Å². The van der Waals surface area contributed by atoms with Gasteiger partial charge in [0.25, 0.3) is 0 Å². The van der Waals surface area contributed by atoms with Crippen LogP contribution in [0.4, 0.5) is 17.2 Å². The Bertz CT molecular complexity index is 994. The third-order valence-electron chi connectivity index (χ3n) is 7.50. The fourth-order valence-corrected chi connectivity index (χ4v) is 5.67. The molecule has 0 saturated carbocycles.